The van der Waals surface area contributed by atoms with Crippen LogP contribution < -0.4 is 0 Å². The van der Waals surface area contributed by atoms with E-state index in [-0.39, 0.29) is 17.1 Å². The fraction of sp³-hybridized carbons (Fsp3) is 0.893. The van der Waals surface area contributed by atoms with Crippen molar-refractivity contribution in [3.63, 3.8) is 0 Å². The molecule has 5 nitrogen and oxygen atoms in total. The smallest absolute Gasteiger partial charge is 0.320 e. The van der Waals surface area contributed by atoms with E-state index in [9.17, 15) is 4.79 Å². The standard InChI is InChI=1S/C10H19N.C9H17NO2.C9H19N/c1-7-8(2)11(9(7)3)10(4,5)6;1-9(2,3)10-6-4-5-7(10)8(11)12;1-8-6-5-7-10(8)9(2,3)4/h7,9H,2H2,1,3-6H3;7H,4-6H2,1-3H3,(H,11,12);8H,5-7H2,1-4H3. The number of carboxylic acids is 1. The third-order valence-corrected chi connectivity index (χ3v) is 7.50. The van der Waals surface area contributed by atoms with Gasteiger partial charge >= 0.3 is 5.97 Å². The molecule has 0 bridgehead atoms. The Morgan fingerprint density at radius 2 is 1.27 bits per heavy atom. The van der Waals surface area contributed by atoms with Crippen LogP contribution in [-0.4, -0.2) is 73.6 Å². The largest absolute Gasteiger partial charge is 0.480 e. The maximum atomic E-state index is 10.8. The van der Waals surface area contributed by atoms with Crippen LogP contribution in [0.1, 0.15) is 109 Å². The maximum absolute atomic E-state index is 10.8. The summed E-state index contributed by atoms with van der Waals surface area (Å²) in [5.41, 5.74) is 1.92. The first kappa shape index (κ1) is 30.0. The van der Waals surface area contributed by atoms with Crippen LogP contribution in [0.4, 0.5) is 0 Å². The van der Waals surface area contributed by atoms with Crippen LogP contribution >= 0.6 is 0 Å². The van der Waals surface area contributed by atoms with Crippen molar-refractivity contribution in [1.29, 1.82) is 0 Å². The molecule has 33 heavy (non-hydrogen) atoms. The van der Waals surface area contributed by atoms with E-state index in [4.69, 9.17) is 5.11 Å². The van der Waals surface area contributed by atoms with Gasteiger partial charge in [-0.05, 0) is 115 Å². The number of carbonyl (C=O) groups is 1. The van der Waals surface area contributed by atoms with Crippen LogP contribution in [0, 0.1) is 5.92 Å². The van der Waals surface area contributed by atoms with E-state index in [0.29, 0.717) is 17.5 Å². The van der Waals surface area contributed by atoms with Crippen LogP contribution in [0.25, 0.3) is 0 Å². The van der Waals surface area contributed by atoms with Gasteiger partial charge in [-0.3, -0.25) is 14.6 Å². The highest BCUT2D eigenvalue weighted by molar-refractivity contribution is 5.73. The van der Waals surface area contributed by atoms with Crippen LogP contribution in [0.2, 0.25) is 0 Å². The summed E-state index contributed by atoms with van der Waals surface area (Å²) in [5, 5.41) is 8.91. The van der Waals surface area contributed by atoms with Gasteiger partial charge in [-0.2, -0.15) is 0 Å². The molecule has 0 saturated carbocycles. The Kier molecular flexibility index (Phi) is 10.1. The number of carboxylic acid groups (broad SMARTS) is 1. The van der Waals surface area contributed by atoms with E-state index in [1.165, 1.54) is 25.1 Å². The number of aliphatic carboxylic acids is 1. The molecule has 0 amide bonds. The normalized spacial score (nSPS) is 29.1. The summed E-state index contributed by atoms with van der Waals surface area (Å²) in [7, 11) is 0. The minimum atomic E-state index is -0.678. The first-order chi connectivity index (χ1) is 14.8. The van der Waals surface area contributed by atoms with E-state index < -0.39 is 5.97 Å². The summed E-state index contributed by atoms with van der Waals surface area (Å²) in [6.45, 7) is 32.9. The topological polar surface area (TPSA) is 47.0 Å². The molecule has 0 aliphatic carbocycles. The second-order valence-electron chi connectivity index (χ2n) is 13.3. The molecule has 1 N–H and O–H groups in total. The predicted molar refractivity (Wildman–Crippen MR) is 142 cm³/mol. The first-order valence-electron chi connectivity index (χ1n) is 13.0. The highest BCUT2D eigenvalue weighted by atomic mass is 16.4. The van der Waals surface area contributed by atoms with Gasteiger partial charge in [-0.1, -0.05) is 13.5 Å². The summed E-state index contributed by atoms with van der Waals surface area (Å²) < 4.78 is 0. The fourth-order valence-electron chi connectivity index (χ4n) is 5.70. The number of rotatable bonds is 1. The summed E-state index contributed by atoms with van der Waals surface area (Å²) in [6, 6.07) is 1.22. The molecule has 3 saturated heterocycles. The molecule has 0 spiro atoms. The second-order valence-corrected chi connectivity index (χ2v) is 13.3. The van der Waals surface area contributed by atoms with Gasteiger partial charge in [0.25, 0.3) is 0 Å². The average Bonchev–Trinajstić information content (AvgIpc) is 3.29. The van der Waals surface area contributed by atoms with Gasteiger partial charge < -0.3 is 10.0 Å². The molecule has 3 aliphatic rings. The van der Waals surface area contributed by atoms with Crippen molar-refractivity contribution in [3.8, 4) is 0 Å². The Morgan fingerprint density at radius 3 is 1.52 bits per heavy atom. The third-order valence-electron chi connectivity index (χ3n) is 7.50. The van der Waals surface area contributed by atoms with E-state index in [2.05, 4.69) is 104 Å². The Balaban J connectivity index is 0.000000249. The van der Waals surface area contributed by atoms with Crippen molar-refractivity contribution in [2.24, 2.45) is 5.92 Å². The van der Waals surface area contributed by atoms with Crippen LogP contribution in [0.3, 0.4) is 0 Å². The molecule has 0 aromatic carbocycles. The summed E-state index contributed by atoms with van der Waals surface area (Å²) in [5.74, 6) is -0.00310. The van der Waals surface area contributed by atoms with E-state index >= 15 is 0 Å². The Morgan fingerprint density at radius 1 is 0.818 bits per heavy atom. The fourth-order valence-corrected chi connectivity index (χ4v) is 5.70. The van der Waals surface area contributed by atoms with Crippen molar-refractivity contribution in [3.05, 3.63) is 12.3 Å². The van der Waals surface area contributed by atoms with Gasteiger partial charge in [0.2, 0.25) is 0 Å². The zero-order valence-electron chi connectivity index (χ0n) is 24.0. The van der Waals surface area contributed by atoms with E-state index in [0.717, 1.165) is 25.4 Å². The summed E-state index contributed by atoms with van der Waals surface area (Å²) >= 11 is 0. The number of hydrogen-bond acceptors (Lipinski definition) is 4. The van der Waals surface area contributed by atoms with Gasteiger partial charge in [0.1, 0.15) is 6.04 Å². The second kappa shape index (κ2) is 11.1. The van der Waals surface area contributed by atoms with Crippen LogP contribution in [-0.2, 0) is 4.79 Å². The minimum Gasteiger partial charge on any atom is -0.480 e. The average molecular weight is 466 g/mol. The lowest BCUT2D eigenvalue weighted by Crippen LogP contribution is -2.58. The Hall–Kier alpha value is -1.07. The van der Waals surface area contributed by atoms with Crippen molar-refractivity contribution in [2.45, 2.75) is 144 Å². The van der Waals surface area contributed by atoms with Crippen LogP contribution in [0.15, 0.2) is 12.3 Å². The highest BCUT2D eigenvalue weighted by Gasteiger charge is 2.41. The van der Waals surface area contributed by atoms with Gasteiger partial charge in [0.05, 0.1) is 0 Å². The molecule has 194 valence electrons. The molecule has 3 fully saturated rings. The third kappa shape index (κ3) is 7.99. The number of likely N-dealkylation sites (tertiary alicyclic amines) is 3. The molecular formula is C28H55N3O2. The van der Waals surface area contributed by atoms with Gasteiger partial charge in [0, 0.05) is 40.3 Å². The SMILES string of the molecule is C=C1C(C)C(C)N1C(C)(C)C.CC(C)(C)N1CCCC1C(=O)O.CC1CCCN1C(C)(C)C. The van der Waals surface area contributed by atoms with E-state index in [1.54, 1.807) is 0 Å². The zero-order valence-corrected chi connectivity index (χ0v) is 24.0. The molecule has 0 radical (unpaired) electrons. The van der Waals surface area contributed by atoms with Gasteiger partial charge in [-0.25, -0.2) is 0 Å². The monoisotopic (exact) mass is 465 g/mol. The molecule has 3 rings (SSSR count). The summed E-state index contributed by atoms with van der Waals surface area (Å²) in [6.07, 6.45) is 4.58. The zero-order chi connectivity index (χ0) is 25.9. The molecule has 5 heteroatoms. The van der Waals surface area contributed by atoms with E-state index in [1.807, 2.05) is 0 Å². The van der Waals surface area contributed by atoms with Crippen molar-refractivity contribution < 1.29 is 9.90 Å². The molecule has 3 heterocycles. The molecule has 0 aromatic rings. The maximum Gasteiger partial charge on any atom is 0.320 e. The Labute approximate surface area is 205 Å². The van der Waals surface area contributed by atoms with Crippen LogP contribution in [0.5, 0.6) is 0 Å². The van der Waals surface area contributed by atoms with Crippen molar-refractivity contribution >= 4 is 5.97 Å². The van der Waals surface area contributed by atoms with Crippen molar-refractivity contribution in [1.82, 2.24) is 14.7 Å². The number of hydrogen-bond donors (Lipinski definition) is 1. The minimum absolute atomic E-state index is 0.0143. The summed E-state index contributed by atoms with van der Waals surface area (Å²) in [4.78, 5) is 17.9. The Bertz CT molecular complexity index is 654. The predicted octanol–water partition coefficient (Wildman–Crippen LogP) is 6.24. The lowest BCUT2D eigenvalue weighted by atomic mass is 9.83. The lowest BCUT2D eigenvalue weighted by molar-refractivity contribution is -0.143. The highest BCUT2D eigenvalue weighted by Crippen LogP contribution is 2.40. The lowest BCUT2D eigenvalue weighted by Gasteiger charge is -2.56. The molecule has 0 aromatic heterocycles. The molecular weight excluding hydrogens is 410 g/mol. The molecule has 4 unspecified atom stereocenters. The molecule has 3 aliphatic heterocycles. The quantitative estimate of drug-likeness (QED) is 0.496. The molecule has 4 atom stereocenters. The van der Waals surface area contributed by atoms with Crippen molar-refractivity contribution in [2.75, 3.05) is 13.1 Å². The van der Waals surface area contributed by atoms with Gasteiger partial charge in [-0.15, -0.1) is 0 Å². The van der Waals surface area contributed by atoms with Gasteiger partial charge in [0.15, 0.2) is 0 Å². The number of nitrogens with zero attached hydrogens (tertiary/aromatic N) is 3. The first-order valence-corrected chi connectivity index (χ1v) is 13.0.